The lowest BCUT2D eigenvalue weighted by Crippen LogP contribution is -2.61. The van der Waals surface area contributed by atoms with Crippen LogP contribution in [0.5, 0.6) is 0 Å². The van der Waals surface area contributed by atoms with E-state index in [0.717, 1.165) is 24.8 Å². The number of nitrogens with two attached hydrogens (primary N) is 1. The Kier molecular flexibility index (Phi) is 3.74. The number of allylic oxidation sites excluding steroid dienone is 4. The van der Waals surface area contributed by atoms with Crippen molar-refractivity contribution in [1.29, 1.82) is 0 Å². The van der Waals surface area contributed by atoms with Crippen LogP contribution in [0.3, 0.4) is 0 Å². The van der Waals surface area contributed by atoms with Gasteiger partial charge in [-0.15, -0.1) is 0 Å². The monoisotopic (exact) mass is 357 g/mol. The zero-order valence-electron chi connectivity index (χ0n) is 15.5. The first-order valence-electron chi connectivity index (χ1n) is 9.60. The molecule has 3 saturated carbocycles. The van der Waals surface area contributed by atoms with Gasteiger partial charge in [-0.2, -0.15) is 0 Å². The number of hydrogen-bond acceptors (Lipinski definition) is 5. The zero-order chi connectivity index (χ0) is 18.9. The maximum Gasteiger partial charge on any atom is 0.178 e. The van der Waals surface area contributed by atoms with Gasteiger partial charge in [0.1, 0.15) is 11.4 Å². The number of rotatable bonds is 2. The smallest absolute Gasteiger partial charge is 0.178 e. The number of carbonyl (C=O) groups is 3. The minimum absolute atomic E-state index is 0.00666. The molecule has 5 heteroatoms. The van der Waals surface area contributed by atoms with Gasteiger partial charge in [0, 0.05) is 23.2 Å². The van der Waals surface area contributed by atoms with Crippen LogP contribution in [0.2, 0.25) is 0 Å². The van der Waals surface area contributed by atoms with Gasteiger partial charge in [-0.05, 0) is 49.7 Å². The molecule has 6 atom stereocenters. The number of carbonyl (C=O) groups excluding carboxylic acids is 3. The van der Waals surface area contributed by atoms with Crippen molar-refractivity contribution in [3.8, 4) is 0 Å². The molecule has 5 nitrogen and oxygen atoms in total. The third-order valence-corrected chi connectivity index (χ3v) is 8.06. The lowest BCUT2D eigenvalue weighted by molar-refractivity contribution is -0.166. The van der Waals surface area contributed by atoms with E-state index in [1.54, 1.807) is 12.2 Å². The van der Waals surface area contributed by atoms with Crippen molar-refractivity contribution in [2.24, 2.45) is 34.3 Å². The Morgan fingerprint density at radius 2 is 2.04 bits per heavy atom. The average Bonchev–Trinajstić information content (AvgIpc) is 2.86. The van der Waals surface area contributed by atoms with Gasteiger partial charge in [-0.25, -0.2) is 0 Å². The van der Waals surface area contributed by atoms with Gasteiger partial charge in [0.2, 0.25) is 0 Å². The van der Waals surface area contributed by atoms with E-state index in [0.29, 0.717) is 6.42 Å². The summed E-state index contributed by atoms with van der Waals surface area (Å²) in [7, 11) is 0. The van der Waals surface area contributed by atoms with Crippen LogP contribution < -0.4 is 5.73 Å². The summed E-state index contributed by atoms with van der Waals surface area (Å²) in [6.07, 6.45) is 8.12. The van der Waals surface area contributed by atoms with Crippen molar-refractivity contribution in [1.82, 2.24) is 0 Å². The standard InChI is InChI=1S/C21H27NO4/c1-19-7-5-13(23)9-12(19)3-4-14-15-6-8-21(26,17(25)11-22)20(15,2)10-16(24)18(14)19/h5,7,9,14-15,18,26H,3-4,6,8,10-11,22H2,1-2H3/t14-,15-,18+,19+,20+,21-/m1/s1. The third-order valence-electron chi connectivity index (χ3n) is 8.06. The number of fused-ring (bicyclic) bond motifs is 5. The first-order chi connectivity index (χ1) is 12.2. The van der Waals surface area contributed by atoms with Crippen molar-refractivity contribution >= 4 is 17.3 Å². The SMILES string of the molecule is C[C@]12C=CC(=O)C=C1CC[C@H]1[C@H]2C(=O)C[C@@]2(C)[C@@H]1CC[C@@]2(O)C(=O)CN. The Morgan fingerprint density at radius 1 is 1.31 bits per heavy atom. The number of Topliss-reactive ketones (excluding diaryl/α,β-unsaturated/α-hetero) is 2. The van der Waals surface area contributed by atoms with Crippen molar-refractivity contribution < 1.29 is 19.5 Å². The highest BCUT2D eigenvalue weighted by molar-refractivity contribution is 6.02. The lowest BCUT2D eigenvalue weighted by atomic mass is 9.46. The van der Waals surface area contributed by atoms with Crippen molar-refractivity contribution in [2.75, 3.05) is 6.54 Å². The van der Waals surface area contributed by atoms with Gasteiger partial charge >= 0.3 is 0 Å². The molecule has 0 saturated heterocycles. The van der Waals surface area contributed by atoms with Gasteiger partial charge in [-0.1, -0.05) is 25.5 Å². The lowest BCUT2D eigenvalue weighted by Gasteiger charge is -2.56. The molecule has 0 bridgehead atoms. The van der Waals surface area contributed by atoms with Crippen LogP contribution in [0.4, 0.5) is 0 Å². The Hall–Kier alpha value is -1.59. The summed E-state index contributed by atoms with van der Waals surface area (Å²) in [6.45, 7) is 3.77. The van der Waals surface area contributed by atoms with Crippen LogP contribution in [0.15, 0.2) is 23.8 Å². The number of aliphatic hydroxyl groups is 1. The Bertz CT molecular complexity index is 768. The molecule has 0 spiro atoms. The highest BCUT2D eigenvalue weighted by Crippen LogP contribution is 2.65. The molecule has 140 valence electrons. The van der Waals surface area contributed by atoms with Crippen molar-refractivity contribution in [2.45, 2.75) is 51.6 Å². The van der Waals surface area contributed by atoms with E-state index < -0.39 is 16.4 Å². The summed E-state index contributed by atoms with van der Waals surface area (Å²) in [5.41, 5.74) is 3.95. The van der Waals surface area contributed by atoms with Gasteiger partial charge in [0.15, 0.2) is 11.6 Å². The molecule has 0 aromatic carbocycles. The van der Waals surface area contributed by atoms with Crippen LogP contribution in [-0.4, -0.2) is 34.6 Å². The molecule has 4 aliphatic rings. The Morgan fingerprint density at radius 3 is 2.73 bits per heavy atom. The molecule has 4 aliphatic carbocycles. The van der Waals surface area contributed by atoms with Gasteiger partial charge in [-0.3, -0.25) is 14.4 Å². The summed E-state index contributed by atoms with van der Waals surface area (Å²) < 4.78 is 0. The van der Waals surface area contributed by atoms with E-state index in [-0.39, 0.29) is 48.1 Å². The van der Waals surface area contributed by atoms with Crippen LogP contribution in [0.25, 0.3) is 0 Å². The second-order valence-electron chi connectivity index (χ2n) is 9.06. The molecule has 4 rings (SSSR count). The summed E-state index contributed by atoms with van der Waals surface area (Å²) in [6, 6.07) is 0. The predicted octanol–water partition coefficient (Wildman–Crippen LogP) is 1.73. The summed E-state index contributed by atoms with van der Waals surface area (Å²) in [5, 5.41) is 11.2. The zero-order valence-corrected chi connectivity index (χ0v) is 15.5. The minimum Gasteiger partial charge on any atom is -0.381 e. The predicted molar refractivity (Wildman–Crippen MR) is 96.0 cm³/mol. The molecule has 0 heterocycles. The summed E-state index contributed by atoms with van der Waals surface area (Å²) in [5.74, 6) is -0.186. The fourth-order valence-electron chi connectivity index (χ4n) is 6.66. The second-order valence-corrected chi connectivity index (χ2v) is 9.06. The van der Waals surface area contributed by atoms with Crippen molar-refractivity contribution in [3.63, 3.8) is 0 Å². The molecule has 3 fully saturated rings. The molecule has 0 aliphatic heterocycles. The summed E-state index contributed by atoms with van der Waals surface area (Å²) in [4.78, 5) is 37.6. The van der Waals surface area contributed by atoms with Crippen LogP contribution >= 0.6 is 0 Å². The maximum absolute atomic E-state index is 13.3. The van der Waals surface area contributed by atoms with Crippen molar-refractivity contribution in [3.05, 3.63) is 23.8 Å². The quantitative estimate of drug-likeness (QED) is 0.784. The molecule has 26 heavy (non-hydrogen) atoms. The normalized spacial score (nSPS) is 47.1. The number of hydrogen-bond donors (Lipinski definition) is 2. The Balaban J connectivity index is 1.76. The summed E-state index contributed by atoms with van der Waals surface area (Å²) >= 11 is 0. The topological polar surface area (TPSA) is 97.5 Å². The second kappa shape index (κ2) is 5.46. The fourth-order valence-corrected chi connectivity index (χ4v) is 6.66. The largest absolute Gasteiger partial charge is 0.381 e. The first kappa shape index (κ1) is 17.8. The van der Waals surface area contributed by atoms with Crippen LogP contribution in [-0.2, 0) is 14.4 Å². The minimum atomic E-state index is -1.50. The molecule has 0 amide bonds. The first-order valence-corrected chi connectivity index (χ1v) is 9.60. The fraction of sp³-hybridized carbons (Fsp3) is 0.667. The molecule has 3 N–H and O–H groups in total. The number of ketones is 3. The third kappa shape index (κ3) is 2.01. The van der Waals surface area contributed by atoms with E-state index in [9.17, 15) is 19.5 Å². The molecule has 0 aromatic rings. The molecule has 0 aromatic heterocycles. The van der Waals surface area contributed by atoms with Gasteiger partial charge < -0.3 is 10.8 Å². The van der Waals surface area contributed by atoms with E-state index >= 15 is 0 Å². The van der Waals surface area contributed by atoms with Crippen LogP contribution in [0, 0.1) is 28.6 Å². The van der Waals surface area contributed by atoms with E-state index in [1.165, 1.54) is 0 Å². The van der Waals surface area contributed by atoms with Crippen LogP contribution in [0.1, 0.15) is 46.0 Å². The molecular formula is C21H27NO4. The van der Waals surface area contributed by atoms with Gasteiger partial charge in [0.05, 0.1) is 6.54 Å². The maximum atomic E-state index is 13.3. The highest BCUT2D eigenvalue weighted by Gasteiger charge is 2.68. The van der Waals surface area contributed by atoms with E-state index in [1.807, 2.05) is 13.0 Å². The van der Waals surface area contributed by atoms with E-state index in [4.69, 9.17) is 5.73 Å². The molecular weight excluding hydrogens is 330 g/mol. The molecule has 0 radical (unpaired) electrons. The van der Waals surface area contributed by atoms with Gasteiger partial charge in [0.25, 0.3) is 0 Å². The van der Waals surface area contributed by atoms with E-state index in [2.05, 4.69) is 6.92 Å². The average molecular weight is 357 g/mol. The highest BCUT2D eigenvalue weighted by atomic mass is 16.3. The molecule has 0 unspecified atom stereocenters. The Labute approximate surface area is 153 Å².